The van der Waals surface area contributed by atoms with Gasteiger partial charge in [-0.3, -0.25) is 29.0 Å². The van der Waals surface area contributed by atoms with Gasteiger partial charge in [0.1, 0.15) is 17.1 Å². The van der Waals surface area contributed by atoms with E-state index in [0.717, 1.165) is 0 Å². The van der Waals surface area contributed by atoms with Gasteiger partial charge in [-0.15, -0.1) is 0 Å². The van der Waals surface area contributed by atoms with E-state index in [0.29, 0.717) is 25.3 Å². The summed E-state index contributed by atoms with van der Waals surface area (Å²) in [5, 5.41) is 47.6. The van der Waals surface area contributed by atoms with E-state index in [-0.39, 0.29) is 42.3 Å². The molecule has 1 fully saturated rings. The number of aliphatic hydroxyl groups is 3. The highest BCUT2D eigenvalue weighted by molar-refractivity contribution is 6.25. The van der Waals surface area contributed by atoms with Crippen LogP contribution in [0.15, 0.2) is 34.8 Å². The number of anilines is 1. The molecule has 1 saturated heterocycles. The predicted octanol–water partition coefficient (Wildman–Crippen LogP) is -0.220. The molecule has 5 atom stereocenters. The Hall–Kier alpha value is -3.78. The molecule has 7 N–H and O–H groups in total. The molecule has 0 aromatic heterocycles. The lowest BCUT2D eigenvalue weighted by atomic mass is 9.58. The number of phenols is 1. The monoisotopic (exact) mass is 570 g/mol. The molecular formula is C28H34N4O9. The van der Waals surface area contributed by atoms with Gasteiger partial charge in [-0.05, 0) is 51.4 Å². The van der Waals surface area contributed by atoms with Gasteiger partial charge in [-0.25, -0.2) is 0 Å². The average Bonchev–Trinajstić information content (AvgIpc) is 2.89. The number of nitrogens with one attached hydrogen (secondary N) is 1. The fraction of sp³-hybridized carbons (Fsp3) is 0.500. The van der Waals surface area contributed by atoms with Crippen LogP contribution in [0.1, 0.15) is 29.3 Å². The Balaban J connectivity index is 1.51. The zero-order chi connectivity index (χ0) is 30.0. The van der Waals surface area contributed by atoms with Gasteiger partial charge in [-0.1, -0.05) is 6.07 Å². The van der Waals surface area contributed by atoms with Gasteiger partial charge in [0, 0.05) is 24.1 Å². The third-order valence-corrected chi connectivity index (χ3v) is 8.72. The summed E-state index contributed by atoms with van der Waals surface area (Å²) in [6.07, 6.45) is 0.171. The predicted molar refractivity (Wildman–Crippen MR) is 144 cm³/mol. The van der Waals surface area contributed by atoms with Crippen LogP contribution in [0.25, 0.3) is 0 Å². The molecular weight excluding hydrogens is 536 g/mol. The zero-order valence-electron chi connectivity index (χ0n) is 23.0. The van der Waals surface area contributed by atoms with Gasteiger partial charge < -0.3 is 36.2 Å². The van der Waals surface area contributed by atoms with Crippen molar-refractivity contribution in [2.75, 3.05) is 45.7 Å². The molecule has 5 rings (SSSR count). The third kappa shape index (κ3) is 4.40. The molecule has 4 unspecified atom stereocenters. The van der Waals surface area contributed by atoms with E-state index in [1.165, 1.54) is 11.0 Å². The second-order valence-corrected chi connectivity index (χ2v) is 11.4. The van der Waals surface area contributed by atoms with Crippen LogP contribution in [-0.2, 0) is 25.5 Å². The number of hydrogen-bond acceptors (Lipinski definition) is 11. The molecule has 0 radical (unpaired) electrons. The minimum atomic E-state index is -2.71. The fourth-order valence-electron chi connectivity index (χ4n) is 6.70. The van der Waals surface area contributed by atoms with Crippen molar-refractivity contribution in [1.82, 2.24) is 9.80 Å². The molecule has 2 amide bonds. The number of rotatable bonds is 5. The van der Waals surface area contributed by atoms with E-state index in [1.54, 1.807) is 20.2 Å². The number of phenolic OH excluding ortho intramolecular Hbond substituents is 1. The number of Topliss-reactive ketones (excluding diaryl/α,β-unsaturated/α-hetero) is 2. The first-order valence-electron chi connectivity index (χ1n) is 13.4. The Bertz CT molecular complexity index is 1420. The molecule has 1 heterocycles. The Labute approximate surface area is 235 Å². The van der Waals surface area contributed by atoms with Crippen LogP contribution >= 0.6 is 0 Å². The first-order valence-corrected chi connectivity index (χ1v) is 13.4. The topological polar surface area (TPSA) is 203 Å². The molecule has 0 saturated carbocycles. The number of aliphatic hydroxyl groups excluding tert-OH is 2. The lowest BCUT2D eigenvalue weighted by Gasteiger charge is -2.50. The third-order valence-electron chi connectivity index (χ3n) is 8.72. The fourth-order valence-corrected chi connectivity index (χ4v) is 6.70. The lowest BCUT2D eigenvalue weighted by Crippen LogP contribution is -2.63. The normalized spacial score (nSPS) is 30.2. The number of primary amides is 1. The Morgan fingerprint density at radius 1 is 1.22 bits per heavy atom. The first kappa shape index (κ1) is 28.7. The van der Waals surface area contributed by atoms with E-state index in [9.17, 15) is 39.6 Å². The van der Waals surface area contributed by atoms with Crippen molar-refractivity contribution < 1.29 is 44.3 Å². The number of allylic oxidation sites excluding steroid dienone is 1. The maximum absolute atomic E-state index is 13.8. The second kappa shape index (κ2) is 10.2. The molecule has 13 heteroatoms. The second-order valence-electron chi connectivity index (χ2n) is 11.4. The van der Waals surface area contributed by atoms with Crippen molar-refractivity contribution in [3.8, 4) is 5.75 Å². The summed E-state index contributed by atoms with van der Waals surface area (Å²) in [7, 11) is 3.14. The SMILES string of the molecule is CC1COCCN1CC(=O)Nc1ccc2c(c1O)C(=O)C1=C(O)C3(O)C(=O)C(C(N)=O)=C(O)[C@@H](N(C)C)C3CC1C2. The van der Waals surface area contributed by atoms with Gasteiger partial charge in [0.05, 0.1) is 37.1 Å². The van der Waals surface area contributed by atoms with Crippen LogP contribution in [0.4, 0.5) is 5.69 Å². The van der Waals surface area contributed by atoms with Crippen molar-refractivity contribution in [3.05, 3.63) is 45.9 Å². The van der Waals surface area contributed by atoms with Gasteiger partial charge in [0.15, 0.2) is 17.1 Å². The van der Waals surface area contributed by atoms with Crippen molar-refractivity contribution in [2.24, 2.45) is 17.6 Å². The lowest BCUT2D eigenvalue weighted by molar-refractivity contribution is -0.148. The van der Waals surface area contributed by atoms with Crippen LogP contribution in [-0.4, -0.2) is 112 Å². The number of morpholine rings is 1. The molecule has 1 aromatic rings. The Kier molecular flexibility index (Phi) is 7.18. The van der Waals surface area contributed by atoms with Crippen molar-refractivity contribution in [3.63, 3.8) is 0 Å². The number of nitrogens with two attached hydrogens (primary N) is 1. The van der Waals surface area contributed by atoms with E-state index in [4.69, 9.17) is 10.5 Å². The molecule has 3 aliphatic carbocycles. The maximum Gasteiger partial charge on any atom is 0.255 e. The summed E-state index contributed by atoms with van der Waals surface area (Å²) >= 11 is 0. The summed E-state index contributed by atoms with van der Waals surface area (Å²) < 4.78 is 5.39. The first-order chi connectivity index (χ1) is 19.3. The standard InChI is InChI=1S/C28H34N4O9/c1-12-11-41-7-6-32(12)10-17(33)30-16-5-4-13-8-14-9-15-21(31(2)3)24(36)20(27(29)39)26(38)28(15,40)25(37)19(14)23(35)18(13)22(16)34/h4-5,12,14-15,21,34,36-37,40H,6-11H2,1-3H3,(H2,29,39)(H,30,33)/t12?,14?,15?,21-,28?/m0/s1. The summed E-state index contributed by atoms with van der Waals surface area (Å²) in [5.74, 6) is -7.61. The highest BCUT2D eigenvalue weighted by atomic mass is 16.5. The van der Waals surface area contributed by atoms with E-state index in [2.05, 4.69) is 5.32 Å². The number of fused-ring (bicyclic) bond motifs is 3. The van der Waals surface area contributed by atoms with Gasteiger partial charge in [-0.2, -0.15) is 0 Å². The Morgan fingerprint density at radius 3 is 2.56 bits per heavy atom. The van der Waals surface area contributed by atoms with Crippen LogP contribution < -0.4 is 11.1 Å². The zero-order valence-corrected chi connectivity index (χ0v) is 23.0. The number of ketones is 2. The number of benzene rings is 1. The minimum absolute atomic E-state index is 0.000708. The molecule has 1 aliphatic heterocycles. The van der Waals surface area contributed by atoms with E-state index < -0.39 is 69.7 Å². The molecule has 1 aromatic carbocycles. The quantitative estimate of drug-likeness (QED) is 0.202. The Morgan fingerprint density at radius 2 is 1.93 bits per heavy atom. The number of likely N-dealkylation sites (N-methyl/N-ethyl adjacent to an activating group) is 1. The highest BCUT2D eigenvalue weighted by Gasteiger charge is 2.63. The van der Waals surface area contributed by atoms with Crippen LogP contribution in [0.5, 0.6) is 5.75 Å². The molecule has 220 valence electrons. The molecule has 4 aliphatic rings. The van der Waals surface area contributed by atoms with Crippen molar-refractivity contribution >= 4 is 29.1 Å². The number of ether oxygens (including phenoxy) is 1. The van der Waals surface area contributed by atoms with E-state index in [1.807, 2.05) is 11.8 Å². The number of carbonyl (C=O) groups excluding carboxylic acids is 4. The highest BCUT2D eigenvalue weighted by Crippen LogP contribution is 2.52. The number of nitrogens with zero attached hydrogens (tertiary/aromatic N) is 2. The number of carbonyl (C=O) groups is 4. The summed E-state index contributed by atoms with van der Waals surface area (Å²) in [5.41, 5.74) is 1.82. The summed E-state index contributed by atoms with van der Waals surface area (Å²) in [6, 6.07) is 2.08. The average molecular weight is 571 g/mol. The van der Waals surface area contributed by atoms with E-state index >= 15 is 0 Å². The number of amides is 2. The van der Waals surface area contributed by atoms with Gasteiger partial charge in [0.25, 0.3) is 5.91 Å². The summed E-state index contributed by atoms with van der Waals surface area (Å²) in [4.78, 5) is 55.5. The minimum Gasteiger partial charge on any atom is -0.510 e. The van der Waals surface area contributed by atoms with Gasteiger partial charge >= 0.3 is 0 Å². The van der Waals surface area contributed by atoms with Gasteiger partial charge in [0.2, 0.25) is 11.7 Å². The van der Waals surface area contributed by atoms with Crippen LogP contribution in [0.3, 0.4) is 0 Å². The van der Waals surface area contributed by atoms with Crippen LogP contribution in [0, 0.1) is 11.8 Å². The molecule has 0 bridgehead atoms. The summed E-state index contributed by atoms with van der Waals surface area (Å²) in [6.45, 7) is 3.54. The maximum atomic E-state index is 13.8. The smallest absolute Gasteiger partial charge is 0.255 e. The number of hydrogen-bond donors (Lipinski definition) is 6. The largest absolute Gasteiger partial charge is 0.510 e. The van der Waals surface area contributed by atoms with Crippen molar-refractivity contribution in [1.29, 1.82) is 0 Å². The number of aromatic hydroxyl groups is 1. The van der Waals surface area contributed by atoms with Crippen LogP contribution in [0.2, 0.25) is 0 Å². The molecule has 13 nitrogen and oxygen atoms in total. The molecule has 41 heavy (non-hydrogen) atoms. The molecule has 0 spiro atoms. The van der Waals surface area contributed by atoms with Crippen molar-refractivity contribution in [2.45, 2.75) is 37.5 Å².